The first kappa shape index (κ1) is 12.1. The van der Waals surface area contributed by atoms with Crippen LogP contribution in [0.1, 0.15) is 30.0 Å². The maximum Gasteiger partial charge on any atom is 0.133 e. The van der Waals surface area contributed by atoms with Gasteiger partial charge >= 0.3 is 0 Å². The summed E-state index contributed by atoms with van der Waals surface area (Å²) in [6.45, 7) is 4.69. The monoisotopic (exact) mass is 250 g/mol. The molecule has 0 amide bonds. The van der Waals surface area contributed by atoms with Gasteiger partial charge in [0.1, 0.15) is 5.76 Å². The van der Waals surface area contributed by atoms with E-state index in [0.29, 0.717) is 6.54 Å². The van der Waals surface area contributed by atoms with Crippen molar-refractivity contribution in [3.05, 3.63) is 52.4 Å². The second-order valence-electron chi connectivity index (χ2n) is 4.08. The highest BCUT2D eigenvalue weighted by molar-refractivity contribution is 6.30. The number of rotatable bonds is 4. The van der Waals surface area contributed by atoms with E-state index in [1.54, 1.807) is 0 Å². The first-order valence-electron chi connectivity index (χ1n) is 5.56. The van der Waals surface area contributed by atoms with Crippen LogP contribution in [0.5, 0.6) is 0 Å². The molecule has 0 saturated heterocycles. The summed E-state index contributed by atoms with van der Waals surface area (Å²) in [6.07, 6.45) is 0. The molecule has 0 fully saturated rings. The van der Waals surface area contributed by atoms with Gasteiger partial charge in [0.15, 0.2) is 0 Å². The summed E-state index contributed by atoms with van der Waals surface area (Å²) in [5, 5.41) is 8.08. The van der Waals surface area contributed by atoms with Crippen molar-refractivity contribution in [2.24, 2.45) is 0 Å². The van der Waals surface area contributed by atoms with Gasteiger partial charge in [0.2, 0.25) is 0 Å². The highest BCUT2D eigenvalue weighted by Gasteiger charge is 2.06. The Morgan fingerprint density at radius 2 is 2.06 bits per heavy atom. The van der Waals surface area contributed by atoms with E-state index in [0.717, 1.165) is 16.5 Å². The Morgan fingerprint density at radius 3 is 2.65 bits per heavy atom. The first-order valence-corrected chi connectivity index (χ1v) is 5.94. The van der Waals surface area contributed by atoms with E-state index in [9.17, 15) is 0 Å². The Bertz CT molecular complexity index is 478. The molecule has 1 N–H and O–H groups in total. The van der Waals surface area contributed by atoms with Crippen LogP contribution in [0.4, 0.5) is 0 Å². The number of benzene rings is 1. The van der Waals surface area contributed by atoms with Crippen molar-refractivity contribution in [1.29, 1.82) is 0 Å². The van der Waals surface area contributed by atoms with E-state index >= 15 is 0 Å². The molecule has 0 spiro atoms. The van der Waals surface area contributed by atoms with Gasteiger partial charge < -0.3 is 9.84 Å². The number of aromatic nitrogens is 1. The van der Waals surface area contributed by atoms with E-state index in [4.69, 9.17) is 16.1 Å². The van der Waals surface area contributed by atoms with E-state index in [1.165, 1.54) is 5.56 Å². The van der Waals surface area contributed by atoms with Crippen molar-refractivity contribution in [1.82, 2.24) is 10.5 Å². The smallest absolute Gasteiger partial charge is 0.133 e. The zero-order chi connectivity index (χ0) is 12.3. The molecule has 0 aliphatic rings. The van der Waals surface area contributed by atoms with Gasteiger partial charge in [0.05, 0.1) is 5.69 Å². The quantitative estimate of drug-likeness (QED) is 0.903. The number of hydrogen-bond donors (Lipinski definition) is 1. The van der Waals surface area contributed by atoms with Crippen molar-refractivity contribution in [3.8, 4) is 0 Å². The molecule has 1 heterocycles. The molecule has 17 heavy (non-hydrogen) atoms. The number of nitrogens with one attached hydrogen (secondary N) is 1. The maximum absolute atomic E-state index is 5.85. The molecule has 4 heteroatoms. The molecule has 0 aliphatic carbocycles. The van der Waals surface area contributed by atoms with Gasteiger partial charge in [-0.15, -0.1) is 0 Å². The predicted octanol–water partition coefficient (Wildman–Crippen LogP) is 3.49. The van der Waals surface area contributed by atoms with Crippen LogP contribution in [0, 0.1) is 6.92 Å². The van der Waals surface area contributed by atoms with Crippen molar-refractivity contribution in [3.63, 3.8) is 0 Å². The molecule has 0 aliphatic heterocycles. The van der Waals surface area contributed by atoms with Crippen LogP contribution < -0.4 is 5.32 Å². The zero-order valence-corrected chi connectivity index (χ0v) is 10.7. The molecule has 3 nitrogen and oxygen atoms in total. The van der Waals surface area contributed by atoms with Crippen molar-refractivity contribution >= 4 is 11.6 Å². The lowest BCUT2D eigenvalue weighted by Gasteiger charge is -2.12. The summed E-state index contributed by atoms with van der Waals surface area (Å²) >= 11 is 5.85. The summed E-state index contributed by atoms with van der Waals surface area (Å²) in [7, 11) is 0. The van der Waals surface area contributed by atoms with Crippen LogP contribution in [0.25, 0.3) is 0 Å². The standard InChI is InChI=1S/C13H15ClN2O/c1-9-7-13(16-17-9)8-15-10(2)11-3-5-12(14)6-4-11/h3-7,10,15H,8H2,1-2H3/t10-/m0/s1. The van der Waals surface area contributed by atoms with Crippen molar-refractivity contribution in [2.45, 2.75) is 26.4 Å². The topological polar surface area (TPSA) is 38.1 Å². The van der Waals surface area contributed by atoms with Crippen molar-refractivity contribution in [2.75, 3.05) is 0 Å². The summed E-state index contributed by atoms with van der Waals surface area (Å²) in [5.74, 6) is 0.834. The average Bonchev–Trinajstić information content (AvgIpc) is 2.73. The molecule has 1 aromatic heterocycles. The molecule has 0 unspecified atom stereocenters. The largest absolute Gasteiger partial charge is 0.361 e. The lowest BCUT2D eigenvalue weighted by Crippen LogP contribution is -2.18. The SMILES string of the molecule is Cc1cc(CN[C@@H](C)c2ccc(Cl)cc2)no1. The van der Waals surface area contributed by atoms with E-state index in [2.05, 4.69) is 17.4 Å². The Labute approximate surface area is 106 Å². The highest BCUT2D eigenvalue weighted by Crippen LogP contribution is 2.16. The minimum absolute atomic E-state index is 0.254. The van der Waals surface area contributed by atoms with Gasteiger partial charge in [-0.25, -0.2) is 0 Å². The number of halogens is 1. The first-order chi connectivity index (χ1) is 8.15. The summed E-state index contributed by atoms with van der Waals surface area (Å²) in [4.78, 5) is 0. The molecule has 0 radical (unpaired) electrons. The fraction of sp³-hybridized carbons (Fsp3) is 0.308. The van der Waals surface area contributed by atoms with Crippen LogP contribution in [0.3, 0.4) is 0 Å². The van der Waals surface area contributed by atoms with Crippen LogP contribution in [0.2, 0.25) is 5.02 Å². The fourth-order valence-electron chi connectivity index (χ4n) is 1.63. The Morgan fingerprint density at radius 1 is 1.35 bits per heavy atom. The second-order valence-corrected chi connectivity index (χ2v) is 4.52. The lowest BCUT2D eigenvalue weighted by molar-refractivity contribution is 0.386. The highest BCUT2D eigenvalue weighted by atomic mass is 35.5. The third kappa shape index (κ3) is 3.32. The Kier molecular flexibility index (Phi) is 3.82. The zero-order valence-electron chi connectivity index (χ0n) is 9.90. The minimum Gasteiger partial charge on any atom is -0.361 e. The summed E-state index contributed by atoms with van der Waals surface area (Å²) < 4.78 is 5.01. The van der Waals surface area contributed by atoms with E-state index in [1.807, 2.05) is 37.3 Å². The Hall–Kier alpha value is -1.32. The summed E-state index contributed by atoms with van der Waals surface area (Å²) in [6, 6.07) is 10.0. The second kappa shape index (κ2) is 5.34. The number of aryl methyl sites for hydroxylation is 1. The maximum atomic E-state index is 5.85. The molecule has 2 rings (SSSR count). The molecule has 0 bridgehead atoms. The van der Waals surface area contributed by atoms with Gasteiger partial charge in [-0.2, -0.15) is 0 Å². The van der Waals surface area contributed by atoms with Gasteiger partial charge in [-0.3, -0.25) is 0 Å². The molecular formula is C13H15ClN2O. The van der Waals surface area contributed by atoms with Gasteiger partial charge in [-0.05, 0) is 31.5 Å². The minimum atomic E-state index is 0.254. The molecule has 2 aromatic rings. The van der Waals surface area contributed by atoms with Crippen LogP contribution >= 0.6 is 11.6 Å². The Balaban J connectivity index is 1.93. The predicted molar refractivity (Wildman–Crippen MR) is 67.9 cm³/mol. The lowest BCUT2D eigenvalue weighted by atomic mass is 10.1. The normalized spacial score (nSPS) is 12.6. The molecule has 1 aromatic carbocycles. The average molecular weight is 251 g/mol. The van der Waals surface area contributed by atoms with Gasteiger partial charge in [0, 0.05) is 23.7 Å². The molecule has 0 saturated carbocycles. The fourth-order valence-corrected chi connectivity index (χ4v) is 1.75. The number of hydrogen-bond acceptors (Lipinski definition) is 3. The van der Waals surface area contributed by atoms with Crippen LogP contribution in [-0.4, -0.2) is 5.16 Å². The van der Waals surface area contributed by atoms with E-state index in [-0.39, 0.29) is 6.04 Å². The molecule has 90 valence electrons. The van der Waals surface area contributed by atoms with E-state index < -0.39 is 0 Å². The summed E-state index contributed by atoms with van der Waals surface area (Å²) in [5.41, 5.74) is 2.12. The van der Waals surface area contributed by atoms with Gasteiger partial charge in [0.25, 0.3) is 0 Å². The molecule has 1 atom stereocenters. The third-order valence-electron chi connectivity index (χ3n) is 2.64. The van der Waals surface area contributed by atoms with Gasteiger partial charge in [-0.1, -0.05) is 28.9 Å². The molecular weight excluding hydrogens is 236 g/mol. The van der Waals surface area contributed by atoms with Crippen LogP contribution in [-0.2, 0) is 6.54 Å². The van der Waals surface area contributed by atoms with Crippen molar-refractivity contribution < 1.29 is 4.52 Å². The third-order valence-corrected chi connectivity index (χ3v) is 2.89. The number of nitrogens with zero attached hydrogens (tertiary/aromatic N) is 1. The van der Waals surface area contributed by atoms with Crippen LogP contribution in [0.15, 0.2) is 34.9 Å².